The number of nitrogens with zero attached hydrogens (tertiary/aromatic N) is 3. The standard InChI is InChI=1S/C20H26I.C19H18O5S.2C16H36N.C12H10I.C11H14O2.C11H18O.C9H20N.C7H12O2.C4H5F3O3/c1-19(2,3)15-7-11-17(12-8-15)21-18-13-9-16(10-14-18)20(4,5)6;20-19(24-11-5-6-12-25(21,22)23)18-16-9-3-1-7-14(16)13-15-8-2-4-10-17(15)18;2*1-5-9-13-17(14-10-6-2,15-11-7-3)16-12-8-4;1-3-7-11(8-4-1)13-12-9-5-2-6-10-12;1-11(2,3)9-6-4-8(5-7-9)10(12)13;1-4-11-6-5-8(7-9(11)12)10(11,2)3;1-10(2,3)9-7-5-4-6-8-9;8-7(9)6-4-2-1-3-5-6;1-3(10,2(8)9)4(5,6)7/h7-14H,1-6H3;1-4,7-10,13H,5-6,11-12H2,(H,21,22,23);2*5-16H2,1-4H3;1-10H;4-7H,1-3H3,(H,12,13);8H,4-7H2,1-3H3;9H,4-8H2,1-3H3;6H,1-5H2,(H,8,9);10H,1H3,(H,8,9)/q+1;;3*+1;;;+1;;/p-4. The number of carbonyl (C=O) groups is 5. The number of hydrogen-bond acceptors (Lipinski definition) is 13. The lowest BCUT2D eigenvalue weighted by Crippen LogP contribution is -3.61. The number of Topliss-reactive ketones (excluding diaryl/α,β-unsaturated/α-hetero) is 1. The Morgan fingerprint density at radius 1 is 0.442 bits per heavy atom. The van der Waals surface area contributed by atoms with Gasteiger partial charge in [0.15, 0.2) is 19.9 Å². The molecule has 0 amide bonds. The number of ether oxygens (including phenoxy) is 1. The fourth-order valence-corrected chi connectivity index (χ4v) is 24.4. The van der Waals surface area contributed by atoms with Gasteiger partial charge in [0.05, 0.1) is 114 Å². The van der Waals surface area contributed by atoms with E-state index in [1.165, 1.54) is 239 Å². The third-order valence-electron chi connectivity index (χ3n) is 29.5. The summed E-state index contributed by atoms with van der Waals surface area (Å²) in [5, 5.41) is 41.9. The number of fused-ring (bicyclic) bond motifs is 4. The Kier molecular flexibility index (Phi) is 61.4. The van der Waals surface area contributed by atoms with Crippen molar-refractivity contribution in [2.45, 2.75) is 385 Å². The molecular weight excluding hydrogens is 2090 g/mol. The maximum atomic E-state index is 12.6. The molecule has 4 saturated carbocycles. The highest BCUT2D eigenvalue weighted by atomic mass is 127. The van der Waals surface area contributed by atoms with E-state index in [9.17, 15) is 65.4 Å². The van der Waals surface area contributed by atoms with Crippen LogP contribution < -0.4 is 57.7 Å². The van der Waals surface area contributed by atoms with Crippen LogP contribution in [0.25, 0.3) is 21.5 Å². The molecule has 824 valence electrons. The predicted molar refractivity (Wildman–Crippen MR) is 589 cm³/mol. The number of ketones is 1. The van der Waals surface area contributed by atoms with Crippen molar-refractivity contribution in [2.24, 2.45) is 22.7 Å². The number of benzene rings is 8. The van der Waals surface area contributed by atoms with Crippen molar-refractivity contribution in [1.29, 1.82) is 0 Å². The number of carbonyl (C=O) groups excluding carboxylic acids is 5. The van der Waals surface area contributed by atoms with E-state index in [0.717, 1.165) is 78.1 Å². The van der Waals surface area contributed by atoms with Crippen molar-refractivity contribution in [3.8, 4) is 0 Å². The Bertz CT molecular complexity index is 4870. The maximum Gasteiger partial charge on any atom is 0.422 e. The summed E-state index contributed by atoms with van der Waals surface area (Å²) >= 11 is -0.0416. The highest BCUT2D eigenvalue weighted by molar-refractivity contribution is 7.85. The van der Waals surface area contributed by atoms with Crippen molar-refractivity contribution in [3.63, 3.8) is 0 Å². The number of hydrogen-bond donors (Lipinski definition) is 1. The first-order chi connectivity index (χ1) is 69.1. The van der Waals surface area contributed by atoms with Gasteiger partial charge in [-0.1, -0.05) is 349 Å². The van der Waals surface area contributed by atoms with E-state index in [0.29, 0.717) is 29.1 Å². The molecule has 16 nitrogen and oxygen atoms in total. The lowest BCUT2D eigenvalue weighted by atomic mass is 9.67. The number of aliphatic hydroxyl groups is 1. The van der Waals surface area contributed by atoms with E-state index in [-0.39, 0.29) is 95.5 Å². The van der Waals surface area contributed by atoms with Crippen LogP contribution in [0.4, 0.5) is 13.2 Å². The molecule has 8 aromatic carbocycles. The minimum absolute atomic E-state index is 0.0287. The fourth-order valence-electron chi connectivity index (χ4n) is 19.4. The van der Waals surface area contributed by atoms with Crippen LogP contribution in [0.1, 0.15) is 388 Å². The first-order valence-corrected chi connectivity index (χ1v) is 61.2. The second kappa shape index (κ2) is 67.4. The molecule has 3 atom stereocenters. The summed E-state index contributed by atoms with van der Waals surface area (Å²) in [5.74, 6) is -4.33. The number of carboxylic acid groups (broad SMARTS) is 3. The summed E-state index contributed by atoms with van der Waals surface area (Å²) < 4.78 is 81.2. The molecule has 4 fully saturated rings. The van der Waals surface area contributed by atoms with Gasteiger partial charge in [-0.3, -0.25) is 4.79 Å². The molecule has 147 heavy (non-hydrogen) atoms. The van der Waals surface area contributed by atoms with Gasteiger partial charge in [0, 0.05) is 23.6 Å². The third-order valence-corrected chi connectivity index (χ3v) is 35.7. The van der Waals surface area contributed by atoms with E-state index in [2.05, 4.69) is 269 Å². The average Bonchev–Trinajstić information content (AvgIpc) is 1.55. The molecule has 3 unspecified atom stereocenters. The molecule has 4 aliphatic rings. The molecule has 0 radical (unpaired) electrons. The number of aliphatic carboxylic acids is 2. The predicted octanol–water partition coefficient (Wildman–Crippen LogP) is 21.2. The summed E-state index contributed by atoms with van der Waals surface area (Å²) in [5.41, 5.74) is 1.83. The molecule has 0 aliphatic heterocycles. The molecule has 1 N–H and O–H groups in total. The summed E-state index contributed by atoms with van der Waals surface area (Å²) in [4.78, 5) is 54.7. The smallest absolute Gasteiger partial charge is 0.422 e. The Morgan fingerprint density at radius 3 is 1.02 bits per heavy atom. The number of quaternary nitrogens is 3. The van der Waals surface area contributed by atoms with Crippen molar-refractivity contribution in [1.82, 2.24) is 0 Å². The number of halogens is 5. The monoisotopic (exact) mass is 2290 g/mol. The SMILES string of the molecule is CC(C)(C)c1ccc(C(=O)[O-])cc1.CC(C)(C)c1ccc([I+]c2ccc(C(C)(C)C)cc2)cc1.CC(O)(C(=O)[O-])C(F)(F)F.CCC12CCC(CC1=O)C2(C)C.CCCC[N+](CCCC)(CCCC)CCCC.CCCC[N+](CCCC)(CCCC)CCCC.C[N+](C)(C)C1CCCCC1.O=C(OCCCCS(=O)(=O)[O-])c1c2ccccc2cc2ccccc12.O=C([O-])C1CCCCC1.c1ccc([I+]c2ccccc2)cc1. The molecule has 2 bridgehead atoms. The second-order valence-corrected chi connectivity index (χ2v) is 53.0. The Hall–Kier alpha value is -7.17. The van der Waals surface area contributed by atoms with Crippen LogP contribution >= 0.6 is 0 Å². The molecule has 0 heterocycles. The number of unbranched alkanes of at least 4 members (excludes halogenated alkanes) is 9. The average molecular weight is 2290 g/mol. The largest absolute Gasteiger partial charge is 0.748 e. The highest BCUT2D eigenvalue weighted by Gasteiger charge is 2.63. The Morgan fingerprint density at radius 2 is 0.769 bits per heavy atom. The highest BCUT2D eigenvalue weighted by Crippen LogP contribution is 2.65. The number of rotatable bonds is 39. The zero-order valence-corrected chi connectivity index (χ0v) is 99.9. The molecule has 12 rings (SSSR count). The maximum absolute atomic E-state index is 12.6. The van der Waals surface area contributed by atoms with Crippen molar-refractivity contribution in [3.05, 3.63) is 230 Å². The summed E-state index contributed by atoms with van der Waals surface area (Å²) in [6, 6.07) is 64.8. The van der Waals surface area contributed by atoms with Crippen molar-refractivity contribution in [2.75, 3.05) is 85.9 Å². The molecule has 4 aliphatic carbocycles. The minimum atomic E-state index is -5.19. The van der Waals surface area contributed by atoms with Crippen LogP contribution in [0.15, 0.2) is 188 Å². The van der Waals surface area contributed by atoms with Gasteiger partial charge < -0.3 is 57.5 Å². The molecular formula is C125H191F3I2N3O13S+. The normalized spacial score (nSPS) is 16.1. The zero-order chi connectivity index (χ0) is 110. The van der Waals surface area contributed by atoms with Gasteiger partial charge in [-0.25, -0.2) is 13.2 Å². The van der Waals surface area contributed by atoms with E-state index < -0.39 is 51.5 Å². The van der Waals surface area contributed by atoms with Crippen LogP contribution in [0.5, 0.6) is 0 Å². The van der Waals surface area contributed by atoms with Crippen LogP contribution in [-0.4, -0.2) is 165 Å². The first-order valence-electron chi connectivity index (χ1n) is 55.3. The summed E-state index contributed by atoms with van der Waals surface area (Å²) in [6.45, 7) is 56.8. The Labute approximate surface area is 909 Å². The lowest BCUT2D eigenvalue weighted by Gasteiger charge is -2.39. The third kappa shape index (κ3) is 48.8. The summed E-state index contributed by atoms with van der Waals surface area (Å²) in [7, 11) is 2.72. The van der Waals surface area contributed by atoms with Crippen LogP contribution in [0, 0.1) is 36.9 Å². The van der Waals surface area contributed by atoms with E-state index in [1.54, 1.807) is 12.1 Å². The van der Waals surface area contributed by atoms with E-state index in [1.807, 2.05) is 66.7 Å². The van der Waals surface area contributed by atoms with Gasteiger partial charge in [0.1, 0.15) is 5.78 Å². The van der Waals surface area contributed by atoms with E-state index in [4.69, 9.17) is 9.84 Å². The Balaban J connectivity index is 0.000000426. The topological polar surface area (TPSA) is 241 Å². The van der Waals surface area contributed by atoms with Crippen LogP contribution in [0.2, 0.25) is 0 Å². The van der Waals surface area contributed by atoms with Crippen molar-refractivity contribution < 1.29 is 131 Å². The molecule has 0 saturated heterocycles. The van der Waals surface area contributed by atoms with Gasteiger partial charge in [0.25, 0.3) is 0 Å². The van der Waals surface area contributed by atoms with Gasteiger partial charge in [-0.2, -0.15) is 13.2 Å². The fraction of sp³-hybridized carbons (Fsp3) is 0.608. The molecule has 0 spiro atoms. The molecule has 22 heteroatoms. The van der Waals surface area contributed by atoms with Gasteiger partial charge in [-0.15, -0.1) is 0 Å². The zero-order valence-electron chi connectivity index (χ0n) is 94.8. The number of aromatic carboxylic acids is 1. The number of carboxylic acids is 3. The summed E-state index contributed by atoms with van der Waals surface area (Å²) in [6.07, 6.45) is 34.1. The quantitative estimate of drug-likeness (QED) is 0.00942. The number of esters is 1. The molecule has 8 aromatic rings. The van der Waals surface area contributed by atoms with Crippen LogP contribution in [-0.2, 0) is 45.5 Å². The first kappa shape index (κ1) is 134. The van der Waals surface area contributed by atoms with E-state index >= 15 is 0 Å². The van der Waals surface area contributed by atoms with Gasteiger partial charge in [-0.05, 0) is 261 Å². The second-order valence-electron chi connectivity index (χ2n) is 45.4. The number of alkyl halides is 3. The molecule has 0 aromatic heterocycles. The van der Waals surface area contributed by atoms with Crippen molar-refractivity contribution >= 4 is 61.3 Å². The van der Waals surface area contributed by atoms with Gasteiger partial charge >= 0.3 is 54.6 Å². The van der Waals surface area contributed by atoms with Crippen LogP contribution in [0.3, 0.4) is 0 Å². The lowest BCUT2D eigenvalue weighted by molar-refractivity contribution is -0.929. The minimum Gasteiger partial charge on any atom is -0.748 e. The van der Waals surface area contributed by atoms with Gasteiger partial charge in [0.2, 0.25) is 0 Å².